The number of amides is 4. The van der Waals surface area contributed by atoms with E-state index in [-0.39, 0.29) is 0 Å². The molecule has 0 aromatic heterocycles. The Kier molecular flexibility index (Phi) is 7.53. The fraction of sp³-hybridized carbons (Fsp3) is 0.524. The minimum Gasteiger partial charge on any atom is -0.497 e. The number of anilines is 1. The molecule has 1 aromatic carbocycles. The van der Waals surface area contributed by atoms with E-state index < -0.39 is 23.8 Å². The van der Waals surface area contributed by atoms with Crippen molar-refractivity contribution in [2.24, 2.45) is 10.9 Å². The molecule has 30 heavy (non-hydrogen) atoms. The van der Waals surface area contributed by atoms with Gasteiger partial charge in [-0.1, -0.05) is 6.92 Å². The Bertz CT molecular complexity index is 802. The Balaban J connectivity index is 1.70. The van der Waals surface area contributed by atoms with Crippen molar-refractivity contribution in [1.82, 2.24) is 10.2 Å². The summed E-state index contributed by atoms with van der Waals surface area (Å²) in [6, 6.07) is 5.76. The van der Waals surface area contributed by atoms with Gasteiger partial charge in [-0.2, -0.15) is 0 Å². The van der Waals surface area contributed by atoms with Gasteiger partial charge >= 0.3 is 6.03 Å². The molecule has 0 spiro atoms. The van der Waals surface area contributed by atoms with Crippen LogP contribution in [0.15, 0.2) is 29.3 Å². The number of nitrogens with one attached hydrogen (secondary N) is 1. The Morgan fingerprint density at radius 3 is 2.53 bits per heavy atom. The van der Waals surface area contributed by atoms with E-state index in [0.29, 0.717) is 30.1 Å². The smallest absolute Gasteiger partial charge is 0.335 e. The molecule has 2 saturated heterocycles. The van der Waals surface area contributed by atoms with Crippen LogP contribution >= 0.6 is 0 Å². The number of benzene rings is 1. The number of aliphatic imine (C=N–C) groups is 1. The number of barbiturate groups is 1. The number of hydrogen-bond acceptors (Lipinski definition) is 7. The van der Waals surface area contributed by atoms with Crippen molar-refractivity contribution < 1.29 is 23.9 Å². The third kappa shape index (κ3) is 5.03. The normalized spacial score (nSPS) is 21.0. The topological polar surface area (TPSA) is 101 Å². The maximum atomic E-state index is 13.1. The van der Waals surface area contributed by atoms with E-state index in [0.717, 1.165) is 44.2 Å². The fourth-order valence-corrected chi connectivity index (χ4v) is 3.59. The highest BCUT2D eigenvalue weighted by atomic mass is 16.5. The zero-order valence-electron chi connectivity index (χ0n) is 17.4. The summed E-state index contributed by atoms with van der Waals surface area (Å²) >= 11 is 0. The molecule has 9 heteroatoms. The highest BCUT2D eigenvalue weighted by molar-refractivity contribution is 6.35. The molecule has 4 amide bonds. The lowest BCUT2D eigenvalue weighted by Crippen LogP contribution is -2.60. The maximum absolute atomic E-state index is 13.1. The summed E-state index contributed by atoms with van der Waals surface area (Å²) in [4.78, 5) is 45.8. The number of morpholine rings is 1. The van der Waals surface area contributed by atoms with Crippen molar-refractivity contribution >= 4 is 29.2 Å². The number of carbonyl (C=O) groups excluding carboxylic acids is 3. The van der Waals surface area contributed by atoms with Gasteiger partial charge in [0.2, 0.25) is 5.91 Å². The summed E-state index contributed by atoms with van der Waals surface area (Å²) in [5.74, 6) is -1.70. The van der Waals surface area contributed by atoms with Crippen molar-refractivity contribution in [2.75, 3.05) is 51.4 Å². The summed E-state index contributed by atoms with van der Waals surface area (Å²) < 4.78 is 10.5. The lowest BCUT2D eigenvalue weighted by molar-refractivity contribution is -0.131. The first-order chi connectivity index (χ1) is 14.5. The van der Waals surface area contributed by atoms with Crippen LogP contribution < -0.4 is 15.0 Å². The predicted octanol–water partition coefficient (Wildman–Crippen LogP) is 1.47. The summed E-state index contributed by atoms with van der Waals surface area (Å²) in [5, 5.41) is 2.29. The summed E-state index contributed by atoms with van der Waals surface area (Å²) in [7, 11) is 1.53. The first-order valence-electron chi connectivity index (χ1n) is 10.2. The number of methoxy groups -OCH3 is 1. The van der Waals surface area contributed by atoms with Crippen LogP contribution in [0.2, 0.25) is 0 Å². The van der Waals surface area contributed by atoms with Gasteiger partial charge < -0.3 is 9.47 Å². The summed E-state index contributed by atoms with van der Waals surface area (Å²) in [6.45, 7) is 6.58. The summed E-state index contributed by atoms with van der Waals surface area (Å²) in [6.07, 6.45) is 1.28. The molecule has 2 heterocycles. The zero-order valence-corrected chi connectivity index (χ0v) is 17.4. The molecule has 1 unspecified atom stereocenters. The second kappa shape index (κ2) is 10.3. The van der Waals surface area contributed by atoms with Gasteiger partial charge in [-0.15, -0.1) is 0 Å². The van der Waals surface area contributed by atoms with E-state index in [2.05, 4.69) is 15.2 Å². The molecule has 1 N–H and O–H groups in total. The van der Waals surface area contributed by atoms with Crippen LogP contribution in [0, 0.1) is 5.92 Å². The minimum absolute atomic E-state index is 0.374. The number of ether oxygens (including phenoxy) is 2. The molecular formula is C21H28N4O5. The largest absolute Gasteiger partial charge is 0.497 e. The number of carbonyl (C=O) groups is 3. The quantitative estimate of drug-likeness (QED) is 0.391. The van der Waals surface area contributed by atoms with Crippen LogP contribution in [0.1, 0.15) is 19.8 Å². The maximum Gasteiger partial charge on any atom is 0.335 e. The minimum atomic E-state index is -1.10. The van der Waals surface area contributed by atoms with Crippen LogP contribution in [0.4, 0.5) is 10.5 Å². The molecule has 0 saturated carbocycles. The number of imide groups is 2. The SMILES string of the molecule is CCC(=NCCCN1CCOCC1)C1C(=O)NC(=O)N(c2ccc(OC)cc2)C1=O. The lowest BCUT2D eigenvalue weighted by atomic mass is 9.96. The second-order valence-electron chi connectivity index (χ2n) is 7.13. The van der Waals surface area contributed by atoms with Gasteiger partial charge in [-0.3, -0.25) is 24.8 Å². The van der Waals surface area contributed by atoms with Crippen LogP contribution in [0.3, 0.4) is 0 Å². The van der Waals surface area contributed by atoms with E-state index in [4.69, 9.17) is 9.47 Å². The average molecular weight is 416 g/mol. The number of urea groups is 1. The Morgan fingerprint density at radius 1 is 1.20 bits per heavy atom. The number of nitrogens with zero attached hydrogens (tertiary/aromatic N) is 3. The van der Waals surface area contributed by atoms with Crippen molar-refractivity contribution in [3.8, 4) is 5.75 Å². The van der Waals surface area contributed by atoms with Crippen LogP contribution in [-0.2, 0) is 14.3 Å². The van der Waals surface area contributed by atoms with E-state index in [1.807, 2.05) is 6.92 Å². The van der Waals surface area contributed by atoms with Crippen LogP contribution in [-0.4, -0.2) is 75.0 Å². The monoisotopic (exact) mass is 416 g/mol. The van der Waals surface area contributed by atoms with E-state index in [1.165, 1.54) is 7.11 Å². The lowest BCUT2D eigenvalue weighted by Gasteiger charge is -2.30. The van der Waals surface area contributed by atoms with E-state index >= 15 is 0 Å². The number of rotatable bonds is 8. The molecule has 0 bridgehead atoms. The van der Waals surface area contributed by atoms with Crippen LogP contribution in [0.25, 0.3) is 0 Å². The molecule has 0 radical (unpaired) electrons. The molecule has 2 fully saturated rings. The highest BCUT2D eigenvalue weighted by Gasteiger charge is 2.43. The molecule has 2 aliphatic heterocycles. The first-order valence-corrected chi connectivity index (χ1v) is 10.2. The highest BCUT2D eigenvalue weighted by Crippen LogP contribution is 2.24. The van der Waals surface area contributed by atoms with Gasteiger partial charge in [-0.05, 0) is 37.1 Å². The fourth-order valence-electron chi connectivity index (χ4n) is 3.59. The molecule has 162 valence electrons. The molecule has 1 aromatic rings. The predicted molar refractivity (Wildman–Crippen MR) is 112 cm³/mol. The first kappa shape index (κ1) is 21.9. The average Bonchev–Trinajstić information content (AvgIpc) is 2.76. The van der Waals surface area contributed by atoms with Crippen LogP contribution in [0.5, 0.6) is 5.75 Å². The van der Waals surface area contributed by atoms with Crippen molar-refractivity contribution in [2.45, 2.75) is 19.8 Å². The van der Waals surface area contributed by atoms with Gasteiger partial charge in [0.25, 0.3) is 5.91 Å². The van der Waals surface area contributed by atoms with Crippen molar-refractivity contribution in [3.63, 3.8) is 0 Å². The second-order valence-corrected chi connectivity index (χ2v) is 7.13. The van der Waals surface area contributed by atoms with Crippen molar-refractivity contribution in [3.05, 3.63) is 24.3 Å². The van der Waals surface area contributed by atoms with E-state index in [1.54, 1.807) is 24.3 Å². The molecule has 1 atom stereocenters. The Morgan fingerprint density at radius 2 is 1.90 bits per heavy atom. The molecule has 9 nitrogen and oxygen atoms in total. The molecule has 0 aliphatic carbocycles. The van der Waals surface area contributed by atoms with Gasteiger partial charge in [0.05, 0.1) is 26.0 Å². The molecule has 2 aliphatic rings. The Hall–Kier alpha value is -2.78. The standard InChI is InChI=1S/C21H28N4O5/c1-3-17(22-9-4-10-24-11-13-30-14-12-24)18-19(26)23-21(28)25(20(18)27)15-5-7-16(29-2)8-6-15/h5-8,18H,3-4,9-14H2,1-2H3,(H,23,26,28). The van der Waals surface area contributed by atoms with Gasteiger partial charge in [-0.25, -0.2) is 9.69 Å². The summed E-state index contributed by atoms with van der Waals surface area (Å²) in [5.41, 5.74) is 0.865. The Labute approximate surface area is 176 Å². The van der Waals surface area contributed by atoms with Crippen molar-refractivity contribution in [1.29, 1.82) is 0 Å². The third-order valence-corrected chi connectivity index (χ3v) is 5.24. The van der Waals surface area contributed by atoms with Gasteiger partial charge in [0.15, 0.2) is 5.92 Å². The van der Waals surface area contributed by atoms with Gasteiger partial charge in [0.1, 0.15) is 5.75 Å². The molecular weight excluding hydrogens is 388 g/mol. The zero-order chi connectivity index (χ0) is 21.5. The van der Waals surface area contributed by atoms with Gasteiger partial charge in [0, 0.05) is 31.9 Å². The van der Waals surface area contributed by atoms with E-state index in [9.17, 15) is 14.4 Å². The third-order valence-electron chi connectivity index (χ3n) is 5.24. The molecule has 3 rings (SSSR count). The number of hydrogen-bond donors (Lipinski definition) is 1.